The predicted octanol–water partition coefficient (Wildman–Crippen LogP) is 4.22. The molecule has 0 N–H and O–H groups in total. The van der Waals surface area contributed by atoms with Crippen LogP contribution in [0.5, 0.6) is 0 Å². The van der Waals surface area contributed by atoms with Crippen molar-refractivity contribution >= 4 is 0 Å². The summed E-state index contributed by atoms with van der Waals surface area (Å²) in [5.74, 6) is 0. The van der Waals surface area contributed by atoms with Crippen molar-refractivity contribution < 1.29 is 4.84 Å². The van der Waals surface area contributed by atoms with Gasteiger partial charge in [0.05, 0.1) is 0 Å². The van der Waals surface area contributed by atoms with Crippen molar-refractivity contribution in [1.82, 2.24) is 0 Å². The van der Waals surface area contributed by atoms with Crippen LogP contribution in [-0.4, -0.2) is 6.61 Å². The van der Waals surface area contributed by atoms with Crippen LogP contribution in [0.1, 0.15) is 64.7 Å². The molecule has 0 radical (unpaired) electrons. The molecule has 3 nitrogen and oxygen atoms in total. The van der Waals surface area contributed by atoms with Gasteiger partial charge in [0, 0.05) is 0 Å². The summed E-state index contributed by atoms with van der Waals surface area (Å²) in [4.78, 5) is 13.9. The average molecular weight is 201 g/mol. The fourth-order valence-corrected chi connectivity index (χ4v) is 1.51. The van der Waals surface area contributed by atoms with E-state index in [0.717, 1.165) is 12.8 Å². The molecule has 0 saturated carbocycles. The van der Waals surface area contributed by atoms with E-state index >= 15 is 0 Å². The molecule has 0 unspecified atom stereocenters. The highest BCUT2D eigenvalue weighted by molar-refractivity contribution is 4.46. The van der Waals surface area contributed by atoms with Crippen molar-refractivity contribution in [2.75, 3.05) is 6.61 Å². The first kappa shape index (κ1) is 13.4. The lowest BCUT2D eigenvalue weighted by atomic mass is 10.1. The van der Waals surface area contributed by atoms with Gasteiger partial charge in [-0.15, -0.1) is 4.91 Å². The maximum Gasteiger partial charge on any atom is 0.155 e. The van der Waals surface area contributed by atoms with Crippen LogP contribution in [0.3, 0.4) is 0 Å². The third kappa shape index (κ3) is 11.4. The van der Waals surface area contributed by atoms with E-state index in [2.05, 4.69) is 17.1 Å². The Morgan fingerprint density at radius 1 is 0.857 bits per heavy atom. The lowest BCUT2D eigenvalue weighted by Gasteiger charge is -2.00. The molecule has 0 saturated heterocycles. The summed E-state index contributed by atoms with van der Waals surface area (Å²) in [6.07, 6.45) is 11.5. The summed E-state index contributed by atoms with van der Waals surface area (Å²) >= 11 is 0. The Morgan fingerprint density at radius 2 is 1.36 bits per heavy atom. The second-order valence-corrected chi connectivity index (χ2v) is 3.74. The normalized spacial score (nSPS) is 10.1. The van der Waals surface area contributed by atoms with E-state index in [0.29, 0.717) is 6.61 Å². The second-order valence-electron chi connectivity index (χ2n) is 3.74. The Hall–Kier alpha value is -0.600. The van der Waals surface area contributed by atoms with Crippen LogP contribution in [0.25, 0.3) is 0 Å². The van der Waals surface area contributed by atoms with Crippen molar-refractivity contribution in [1.29, 1.82) is 0 Å². The monoisotopic (exact) mass is 201 g/mol. The van der Waals surface area contributed by atoms with Gasteiger partial charge in [-0.25, -0.2) is 0 Å². The Morgan fingerprint density at radius 3 is 1.86 bits per heavy atom. The van der Waals surface area contributed by atoms with Crippen molar-refractivity contribution in [2.24, 2.45) is 5.34 Å². The molecule has 3 heteroatoms. The third-order valence-corrected chi connectivity index (χ3v) is 2.39. The molecule has 0 rings (SSSR count). The molecule has 0 atom stereocenters. The van der Waals surface area contributed by atoms with Crippen molar-refractivity contribution in [3.63, 3.8) is 0 Å². The highest BCUT2D eigenvalue weighted by atomic mass is 16.7. The topological polar surface area (TPSA) is 38.7 Å². The lowest BCUT2D eigenvalue weighted by molar-refractivity contribution is 0.135. The summed E-state index contributed by atoms with van der Waals surface area (Å²) < 4.78 is 0. The number of unbranched alkanes of at least 4 members (excludes halogenated alkanes) is 8. The summed E-state index contributed by atoms with van der Waals surface area (Å²) in [5.41, 5.74) is 0. The highest BCUT2D eigenvalue weighted by Crippen LogP contribution is 2.09. The summed E-state index contributed by atoms with van der Waals surface area (Å²) in [6, 6.07) is 0. The number of hydrogen-bond donors (Lipinski definition) is 0. The van der Waals surface area contributed by atoms with Gasteiger partial charge < -0.3 is 4.84 Å². The molecule has 0 aromatic rings. The van der Waals surface area contributed by atoms with E-state index in [4.69, 9.17) is 0 Å². The van der Waals surface area contributed by atoms with Crippen LogP contribution in [0.2, 0.25) is 0 Å². The molecule has 0 aliphatic rings. The van der Waals surface area contributed by atoms with Gasteiger partial charge in [0.25, 0.3) is 0 Å². The second kappa shape index (κ2) is 12.4. The van der Waals surface area contributed by atoms with Crippen LogP contribution in [-0.2, 0) is 4.84 Å². The van der Waals surface area contributed by atoms with Crippen LogP contribution in [0.15, 0.2) is 5.34 Å². The molecule has 0 aliphatic heterocycles. The van der Waals surface area contributed by atoms with Gasteiger partial charge in [0.2, 0.25) is 0 Å². The molecule has 0 heterocycles. The molecule has 0 aromatic carbocycles. The van der Waals surface area contributed by atoms with Gasteiger partial charge in [0.15, 0.2) is 5.34 Å². The molecule has 0 aromatic heterocycles. The van der Waals surface area contributed by atoms with Gasteiger partial charge in [0.1, 0.15) is 6.61 Å². The number of hydrogen-bond acceptors (Lipinski definition) is 3. The smallest absolute Gasteiger partial charge is 0.155 e. The van der Waals surface area contributed by atoms with E-state index in [-0.39, 0.29) is 0 Å². The SMILES string of the molecule is CCCCCCCCCCCON=O. The third-order valence-electron chi connectivity index (χ3n) is 2.39. The van der Waals surface area contributed by atoms with E-state index in [9.17, 15) is 4.91 Å². The molecular weight excluding hydrogens is 178 g/mol. The lowest BCUT2D eigenvalue weighted by Crippen LogP contribution is -1.87. The maximum absolute atomic E-state index is 9.57. The maximum atomic E-state index is 9.57. The first-order valence-corrected chi connectivity index (χ1v) is 5.86. The van der Waals surface area contributed by atoms with E-state index in [1.165, 1.54) is 44.9 Å². The fraction of sp³-hybridized carbons (Fsp3) is 1.00. The average Bonchev–Trinajstić information content (AvgIpc) is 2.21. The van der Waals surface area contributed by atoms with Gasteiger partial charge >= 0.3 is 0 Å². The zero-order chi connectivity index (χ0) is 10.5. The van der Waals surface area contributed by atoms with E-state index in [1.54, 1.807) is 0 Å². The van der Waals surface area contributed by atoms with Crippen LogP contribution in [0, 0.1) is 4.91 Å². The van der Waals surface area contributed by atoms with Crippen LogP contribution < -0.4 is 0 Å². The zero-order valence-electron chi connectivity index (χ0n) is 9.33. The molecule has 14 heavy (non-hydrogen) atoms. The number of nitrogens with zero attached hydrogens (tertiary/aromatic N) is 1. The standard InChI is InChI=1S/C11H23NO2/c1-2-3-4-5-6-7-8-9-10-11-14-12-13/h2-11H2,1H3. The Kier molecular flexibility index (Phi) is 11.9. The molecule has 0 bridgehead atoms. The molecule has 0 amide bonds. The van der Waals surface area contributed by atoms with E-state index in [1.807, 2.05) is 0 Å². The first-order chi connectivity index (χ1) is 6.91. The molecule has 0 spiro atoms. The summed E-state index contributed by atoms with van der Waals surface area (Å²) in [6.45, 7) is 2.72. The summed E-state index contributed by atoms with van der Waals surface area (Å²) in [5, 5.41) is 2.35. The highest BCUT2D eigenvalue weighted by Gasteiger charge is 1.92. The van der Waals surface area contributed by atoms with Gasteiger partial charge in [-0.1, -0.05) is 51.9 Å². The van der Waals surface area contributed by atoms with Crippen molar-refractivity contribution in [3.05, 3.63) is 4.91 Å². The van der Waals surface area contributed by atoms with Crippen LogP contribution >= 0.6 is 0 Å². The number of rotatable bonds is 11. The fourth-order valence-electron chi connectivity index (χ4n) is 1.51. The van der Waals surface area contributed by atoms with Gasteiger partial charge in [-0.05, 0) is 12.8 Å². The predicted molar refractivity (Wildman–Crippen MR) is 59.0 cm³/mol. The van der Waals surface area contributed by atoms with Gasteiger partial charge in [-0.2, -0.15) is 0 Å². The zero-order valence-corrected chi connectivity index (χ0v) is 9.33. The minimum Gasteiger partial charge on any atom is -0.364 e. The first-order valence-electron chi connectivity index (χ1n) is 5.86. The van der Waals surface area contributed by atoms with Gasteiger partial charge in [-0.3, -0.25) is 0 Å². The molecule has 84 valence electrons. The van der Waals surface area contributed by atoms with Crippen molar-refractivity contribution in [2.45, 2.75) is 64.7 Å². The van der Waals surface area contributed by atoms with E-state index < -0.39 is 0 Å². The minimum absolute atomic E-state index is 0.485. The minimum atomic E-state index is 0.485. The Labute approximate surface area is 87.2 Å². The molecule has 0 aliphatic carbocycles. The quantitative estimate of drug-likeness (QED) is 0.285. The molecular formula is C11H23NO2. The Balaban J connectivity index is 2.81. The Bertz CT molecular complexity index is 118. The molecule has 0 fully saturated rings. The largest absolute Gasteiger partial charge is 0.364 e. The van der Waals surface area contributed by atoms with Crippen molar-refractivity contribution in [3.8, 4) is 0 Å². The van der Waals surface area contributed by atoms with Crippen LogP contribution in [0.4, 0.5) is 0 Å². The summed E-state index contributed by atoms with van der Waals surface area (Å²) in [7, 11) is 0.